The summed E-state index contributed by atoms with van der Waals surface area (Å²) in [6.07, 6.45) is 0. The lowest BCUT2D eigenvalue weighted by molar-refractivity contribution is 0.0773. The molecule has 1 atom stereocenters. The summed E-state index contributed by atoms with van der Waals surface area (Å²) < 4.78 is 0. The number of thiophene rings is 1. The molecule has 7 heteroatoms. The van der Waals surface area contributed by atoms with Crippen LogP contribution < -0.4 is 10.6 Å². The highest BCUT2D eigenvalue weighted by Crippen LogP contribution is 2.17. The number of carbonyl (C=O) groups excluding carboxylic acids is 1. The minimum Gasteiger partial charge on any atom is -0.356 e. The van der Waals surface area contributed by atoms with E-state index in [1.54, 1.807) is 18.4 Å². The summed E-state index contributed by atoms with van der Waals surface area (Å²) in [5.74, 6) is 1.29. The Morgan fingerprint density at radius 1 is 1.14 bits per heavy atom. The summed E-state index contributed by atoms with van der Waals surface area (Å²) in [5.41, 5.74) is 3.19. The minimum absolute atomic E-state index is 0. The van der Waals surface area contributed by atoms with Crippen LogP contribution in [0.3, 0.4) is 0 Å². The van der Waals surface area contributed by atoms with Crippen LogP contribution in [0.5, 0.6) is 0 Å². The standard InChI is InChI=1S/C21H30N4OS.HI/c1-5-25(6-2)20(26)18-9-7-17(8-10-18)14-24-21(22-4)23-13-16(3)19-11-12-27-15-19;/h7-12,15-16H,5-6,13-14H2,1-4H3,(H2,22,23,24);1H. The number of guanidine groups is 1. The Bertz CT molecular complexity index is 727. The van der Waals surface area contributed by atoms with Crippen LogP contribution in [0.2, 0.25) is 0 Å². The van der Waals surface area contributed by atoms with Crippen LogP contribution in [0.1, 0.15) is 48.2 Å². The zero-order valence-electron chi connectivity index (χ0n) is 17.1. The van der Waals surface area contributed by atoms with E-state index in [4.69, 9.17) is 0 Å². The van der Waals surface area contributed by atoms with Gasteiger partial charge in [-0.2, -0.15) is 11.3 Å². The van der Waals surface area contributed by atoms with Crippen molar-refractivity contribution in [2.24, 2.45) is 4.99 Å². The summed E-state index contributed by atoms with van der Waals surface area (Å²) >= 11 is 1.72. The zero-order valence-corrected chi connectivity index (χ0v) is 20.2. The smallest absolute Gasteiger partial charge is 0.253 e. The highest BCUT2D eigenvalue weighted by atomic mass is 127. The van der Waals surface area contributed by atoms with E-state index in [1.807, 2.05) is 43.0 Å². The van der Waals surface area contributed by atoms with Crippen molar-refractivity contribution in [3.8, 4) is 0 Å². The number of hydrogen-bond donors (Lipinski definition) is 2. The van der Waals surface area contributed by atoms with Crippen molar-refractivity contribution in [2.75, 3.05) is 26.7 Å². The number of aliphatic imine (C=N–C) groups is 1. The molecule has 154 valence electrons. The van der Waals surface area contributed by atoms with Crippen LogP contribution in [0.4, 0.5) is 0 Å². The summed E-state index contributed by atoms with van der Waals surface area (Å²) in [5, 5.41) is 11.0. The molecular weight excluding hydrogens is 483 g/mol. The second-order valence-electron chi connectivity index (χ2n) is 6.44. The normalized spacial score (nSPS) is 12.1. The first-order valence-electron chi connectivity index (χ1n) is 9.43. The van der Waals surface area contributed by atoms with Gasteiger partial charge in [-0.05, 0) is 59.9 Å². The first-order chi connectivity index (χ1) is 13.1. The molecule has 2 aromatic rings. The highest BCUT2D eigenvalue weighted by molar-refractivity contribution is 14.0. The van der Waals surface area contributed by atoms with Gasteiger partial charge >= 0.3 is 0 Å². The lowest BCUT2D eigenvalue weighted by Crippen LogP contribution is -2.38. The quantitative estimate of drug-likeness (QED) is 0.314. The molecule has 0 radical (unpaired) electrons. The summed E-state index contributed by atoms with van der Waals surface area (Å²) in [6.45, 7) is 9.14. The average molecular weight is 514 g/mol. The van der Waals surface area contributed by atoms with Crippen LogP contribution in [0.25, 0.3) is 0 Å². The van der Waals surface area contributed by atoms with Crippen LogP contribution >= 0.6 is 35.3 Å². The van der Waals surface area contributed by atoms with Crippen molar-refractivity contribution in [1.82, 2.24) is 15.5 Å². The van der Waals surface area contributed by atoms with Crippen molar-refractivity contribution in [2.45, 2.75) is 33.2 Å². The maximum atomic E-state index is 12.4. The Morgan fingerprint density at radius 3 is 2.36 bits per heavy atom. The Hall–Kier alpha value is -1.61. The van der Waals surface area contributed by atoms with E-state index in [0.29, 0.717) is 12.5 Å². The van der Waals surface area contributed by atoms with Gasteiger partial charge in [0.15, 0.2) is 5.96 Å². The Labute approximate surface area is 189 Å². The van der Waals surface area contributed by atoms with Crippen molar-refractivity contribution < 1.29 is 4.79 Å². The van der Waals surface area contributed by atoms with E-state index < -0.39 is 0 Å². The third-order valence-electron chi connectivity index (χ3n) is 4.62. The number of carbonyl (C=O) groups is 1. The number of hydrogen-bond acceptors (Lipinski definition) is 3. The highest BCUT2D eigenvalue weighted by Gasteiger charge is 2.12. The van der Waals surface area contributed by atoms with Gasteiger partial charge in [-0.3, -0.25) is 9.79 Å². The first-order valence-corrected chi connectivity index (χ1v) is 10.4. The van der Waals surface area contributed by atoms with Crippen LogP contribution in [0, 0.1) is 0 Å². The van der Waals surface area contributed by atoms with Gasteiger partial charge in [-0.15, -0.1) is 24.0 Å². The first kappa shape index (κ1) is 24.4. The molecular formula is C21H31IN4OS. The number of amides is 1. The summed E-state index contributed by atoms with van der Waals surface area (Å²) in [4.78, 5) is 18.5. The molecule has 28 heavy (non-hydrogen) atoms. The lowest BCUT2D eigenvalue weighted by Gasteiger charge is -2.19. The molecule has 1 aromatic carbocycles. The van der Waals surface area contributed by atoms with Crippen molar-refractivity contribution in [1.29, 1.82) is 0 Å². The molecule has 1 heterocycles. The van der Waals surface area contributed by atoms with Gasteiger partial charge in [0.25, 0.3) is 5.91 Å². The second kappa shape index (κ2) is 12.8. The molecule has 0 aliphatic carbocycles. The van der Waals surface area contributed by atoms with Gasteiger partial charge in [0.2, 0.25) is 0 Å². The molecule has 2 N–H and O–H groups in total. The largest absolute Gasteiger partial charge is 0.356 e. The van der Waals surface area contributed by atoms with Crippen molar-refractivity contribution >= 4 is 47.2 Å². The molecule has 0 aliphatic rings. The molecule has 1 amide bonds. The van der Waals surface area contributed by atoms with Crippen LogP contribution in [-0.4, -0.2) is 43.4 Å². The van der Waals surface area contributed by atoms with Crippen molar-refractivity contribution in [3.05, 3.63) is 57.8 Å². The van der Waals surface area contributed by atoms with E-state index in [0.717, 1.165) is 36.7 Å². The molecule has 0 saturated carbocycles. The second-order valence-corrected chi connectivity index (χ2v) is 7.22. The molecule has 0 spiro atoms. The van der Waals surface area contributed by atoms with Gasteiger partial charge in [0, 0.05) is 38.8 Å². The number of rotatable bonds is 8. The molecule has 2 rings (SSSR count). The van der Waals surface area contributed by atoms with Gasteiger partial charge in [0.05, 0.1) is 0 Å². The average Bonchev–Trinajstić information content (AvgIpc) is 3.24. The van der Waals surface area contributed by atoms with Gasteiger partial charge in [0.1, 0.15) is 0 Å². The van der Waals surface area contributed by atoms with E-state index in [9.17, 15) is 4.79 Å². The molecule has 1 unspecified atom stereocenters. The molecule has 1 aromatic heterocycles. The number of benzene rings is 1. The third-order valence-corrected chi connectivity index (χ3v) is 5.32. The number of halogens is 1. The van der Waals surface area contributed by atoms with Crippen LogP contribution in [-0.2, 0) is 6.54 Å². The van der Waals surface area contributed by atoms with E-state index >= 15 is 0 Å². The minimum atomic E-state index is 0. The zero-order chi connectivity index (χ0) is 19.6. The predicted molar refractivity (Wildman–Crippen MR) is 130 cm³/mol. The monoisotopic (exact) mass is 514 g/mol. The molecule has 0 bridgehead atoms. The van der Waals surface area contributed by atoms with Gasteiger partial charge in [-0.1, -0.05) is 19.1 Å². The molecule has 0 saturated heterocycles. The Balaban J connectivity index is 0.00000392. The Morgan fingerprint density at radius 2 is 1.82 bits per heavy atom. The fourth-order valence-corrected chi connectivity index (χ4v) is 3.57. The van der Waals surface area contributed by atoms with E-state index in [2.05, 4.69) is 39.4 Å². The lowest BCUT2D eigenvalue weighted by atomic mass is 10.1. The van der Waals surface area contributed by atoms with Crippen LogP contribution in [0.15, 0.2) is 46.1 Å². The van der Waals surface area contributed by atoms with E-state index in [-0.39, 0.29) is 29.9 Å². The maximum Gasteiger partial charge on any atom is 0.253 e. The molecule has 0 fully saturated rings. The maximum absolute atomic E-state index is 12.4. The third kappa shape index (κ3) is 7.09. The SMILES string of the molecule is CCN(CC)C(=O)c1ccc(CNC(=NC)NCC(C)c2ccsc2)cc1.I. The van der Waals surface area contributed by atoms with Gasteiger partial charge in [-0.25, -0.2) is 0 Å². The predicted octanol–water partition coefficient (Wildman–Crippen LogP) is 4.32. The topological polar surface area (TPSA) is 56.7 Å². The number of nitrogens with one attached hydrogen (secondary N) is 2. The molecule has 0 aliphatic heterocycles. The number of nitrogens with zero attached hydrogens (tertiary/aromatic N) is 2. The summed E-state index contributed by atoms with van der Waals surface area (Å²) in [7, 11) is 1.77. The molecule has 5 nitrogen and oxygen atoms in total. The Kier molecular flexibility index (Phi) is 11.1. The van der Waals surface area contributed by atoms with Crippen molar-refractivity contribution in [3.63, 3.8) is 0 Å². The summed E-state index contributed by atoms with van der Waals surface area (Å²) in [6, 6.07) is 9.93. The van der Waals surface area contributed by atoms with E-state index in [1.165, 1.54) is 5.56 Å². The fraction of sp³-hybridized carbons (Fsp3) is 0.429. The van der Waals surface area contributed by atoms with Gasteiger partial charge < -0.3 is 15.5 Å². The fourth-order valence-electron chi connectivity index (χ4n) is 2.79.